The van der Waals surface area contributed by atoms with Crippen LogP contribution in [0.5, 0.6) is 5.75 Å². The summed E-state index contributed by atoms with van der Waals surface area (Å²) in [5, 5.41) is 0.469. The zero-order valence-corrected chi connectivity index (χ0v) is 25.3. The maximum Gasteiger partial charge on any atom is 0.266 e. The first kappa shape index (κ1) is 29.9. The van der Waals surface area contributed by atoms with Gasteiger partial charge in [0.05, 0.1) is 24.4 Å². The third-order valence-electron chi connectivity index (χ3n) is 7.65. The van der Waals surface area contributed by atoms with Gasteiger partial charge in [0.1, 0.15) is 4.90 Å². The fourth-order valence-electron chi connectivity index (χ4n) is 5.38. The molecule has 10 heteroatoms. The van der Waals surface area contributed by atoms with Gasteiger partial charge in [-0.25, -0.2) is 12.8 Å². The van der Waals surface area contributed by atoms with E-state index in [1.807, 2.05) is 43.3 Å². The van der Waals surface area contributed by atoms with E-state index in [1.54, 1.807) is 35.2 Å². The van der Waals surface area contributed by atoms with Crippen molar-refractivity contribution in [2.75, 3.05) is 18.0 Å². The van der Waals surface area contributed by atoms with Crippen molar-refractivity contribution < 1.29 is 22.3 Å². The van der Waals surface area contributed by atoms with Crippen LogP contribution in [0.2, 0.25) is 10.0 Å². The van der Waals surface area contributed by atoms with Crippen molar-refractivity contribution in [3.8, 4) is 5.75 Å². The van der Waals surface area contributed by atoms with Crippen LogP contribution in [0.1, 0.15) is 40.7 Å². The molecule has 1 amide bonds. The van der Waals surface area contributed by atoms with Gasteiger partial charge in [0.15, 0.2) is 11.6 Å². The number of benzene rings is 4. The van der Waals surface area contributed by atoms with Crippen molar-refractivity contribution in [1.29, 1.82) is 0 Å². The number of sulfonamides is 1. The molecule has 6 nitrogen and oxygen atoms in total. The van der Waals surface area contributed by atoms with Gasteiger partial charge in [-0.1, -0.05) is 59.6 Å². The fraction of sp³-hybridized carbons (Fsp3) is 0.219. The maximum absolute atomic E-state index is 14.4. The molecule has 0 aliphatic carbocycles. The summed E-state index contributed by atoms with van der Waals surface area (Å²) >= 11 is 12.6. The predicted octanol–water partition coefficient (Wildman–Crippen LogP) is 7.55. The average molecular weight is 628 g/mol. The van der Waals surface area contributed by atoms with Gasteiger partial charge in [0, 0.05) is 29.1 Å². The Morgan fingerprint density at radius 3 is 2.38 bits per heavy atom. The molecule has 1 saturated heterocycles. The van der Waals surface area contributed by atoms with E-state index in [0.29, 0.717) is 23.7 Å². The lowest BCUT2D eigenvalue weighted by atomic mass is 9.92. The molecule has 5 rings (SSSR count). The molecular weight excluding hydrogens is 598 g/mol. The van der Waals surface area contributed by atoms with Crippen LogP contribution in [-0.4, -0.2) is 38.9 Å². The highest BCUT2D eigenvalue weighted by Crippen LogP contribution is 2.37. The third kappa shape index (κ3) is 5.98. The van der Waals surface area contributed by atoms with E-state index in [1.165, 1.54) is 35.7 Å². The number of methoxy groups -OCH3 is 1. The molecule has 2 atom stereocenters. The van der Waals surface area contributed by atoms with Gasteiger partial charge in [-0.2, -0.15) is 0 Å². The van der Waals surface area contributed by atoms with Crippen LogP contribution >= 0.6 is 23.2 Å². The van der Waals surface area contributed by atoms with Crippen molar-refractivity contribution in [1.82, 2.24) is 4.90 Å². The van der Waals surface area contributed by atoms with Crippen molar-refractivity contribution in [2.45, 2.75) is 36.7 Å². The number of hydrogen-bond acceptors (Lipinski definition) is 4. The number of likely N-dealkylation sites (tertiary alicyclic amines) is 1. The molecule has 1 heterocycles. The smallest absolute Gasteiger partial charge is 0.266 e. The zero-order chi connectivity index (χ0) is 30.0. The number of halogens is 3. The van der Waals surface area contributed by atoms with Gasteiger partial charge in [-0.05, 0) is 79.1 Å². The second-order valence-electron chi connectivity index (χ2n) is 10.1. The lowest BCUT2D eigenvalue weighted by Gasteiger charge is -2.27. The van der Waals surface area contributed by atoms with E-state index < -0.39 is 15.8 Å². The molecule has 0 bridgehead atoms. The molecule has 4 aromatic rings. The molecule has 0 N–H and O–H groups in total. The molecule has 1 aliphatic heterocycles. The lowest BCUT2D eigenvalue weighted by molar-refractivity contribution is 0.0742. The van der Waals surface area contributed by atoms with Gasteiger partial charge in [-0.3, -0.25) is 9.10 Å². The number of carbonyl (C=O) groups is 1. The minimum Gasteiger partial charge on any atom is -0.494 e. The predicted molar refractivity (Wildman–Crippen MR) is 164 cm³/mol. The van der Waals surface area contributed by atoms with Crippen molar-refractivity contribution in [3.05, 3.63) is 124 Å². The summed E-state index contributed by atoms with van der Waals surface area (Å²) in [6.45, 7) is 2.39. The minimum atomic E-state index is -4.22. The first-order valence-electron chi connectivity index (χ1n) is 13.4. The summed E-state index contributed by atoms with van der Waals surface area (Å²) in [5.41, 5.74) is 2.14. The Morgan fingerprint density at radius 1 is 1.00 bits per heavy atom. The number of carbonyl (C=O) groups excluding carboxylic acids is 1. The zero-order valence-electron chi connectivity index (χ0n) is 23.0. The molecule has 218 valence electrons. The summed E-state index contributed by atoms with van der Waals surface area (Å²) in [5.74, 6) is -0.711. The maximum atomic E-state index is 14.4. The normalized spacial score (nSPS) is 16.8. The monoisotopic (exact) mass is 626 g/mol. The quantitative estimate of drug-likeness (QED) is 0.202. The van der Waals surface area contributed by atoms with E-state index in [0.717, 1.165) is 11.1 Å². The van der Waals surface area contributed by atoms with E-state index in [9.17, 15) is 17.6 Å². The number of ether oxygens (including phenoxy) is 1. The number of rotatable bonds is 8. The Labute approximate surface area is 255 Å². The van der Waals surface area contributed by atoms with Gasteiger partial charge < -0.3 is 9.64 Å². The molecule has 0 saturated carbocycles. The molecular formula is C32H29Cl2FN2O4S. The number of nitrogens with zero attached hydrogens (tertiary/aromatic N) is 2. The van der Waals surface area contributed by atoms with Crippen molar-refractivity contribution in [3.63, 3.8) is 0 Å². The highest BCUT2D eigenvalue weighted by atomic mass is 35.5. The van der Waals surface area contributed by atoms with E-state index in [4.69, 9.17) is 27.9 Å². The topological polar surface area (TPSA) is 66.9 Å². The van der Waals surface area contributed by atoms with Crippen LogP contribution < -0.4 is 9.04 Å². The minimum absolute atomic E-state index is 0.000342. The van der Waals surface area contributed by atoms with Gasteiger partial charge in [0.25, 0.3) is 15.9 Å². The molecule has 2 unspecified atom stereocenters. The Bertz CT molecular complexity index is 1700. The van der Waals surface area contributed by atoms with Gasteiger partial charge in [-0.15, -0.1) is 0 Å². The molecule has 1 aliphatic rings. The van der Waals surface area contributed by atoms with E-state index in [2.05, 4.69) is 0 Å². The van der Waals surface area contributed by atoms with E-state index in [-0.39, 0.29) is 45.6 Å². The highest BCUT2D eigenvalue weighted by molar-refractivity contribution is 7.93. The summed E-state index contributed by atoms with van der Waals surface area (Å²) < 4.78 is 49.0. The second-order valence-corrected chi connectivity index (χ2v) is 12.8. The summed E-state index contributed by atoms with van der Waals surface area (Å²) in [4.78, 5) is 15.2. The van der Waals surface area contributed by atoms with Crippen molar-refractivity contribution >= 4 is 44.8 Å². The van der Waals surface area contributed by atoms with Crippen LogP contribution in [-0.2, 0) is 16.6 Å². The molecule has 0 radical (unpaired) electrons. The molecule has 0 spiro atoms. The largest absolute Gasteiger partial charge is 0.494 e. The molecule has 1 fully saturated rings. The first-order valence-corrected chi connectivity index (χ1v) is 15.6. The Balaban J connectivity index is 1.46. The van der Waals surface area contributed by atoms with Crippen molar-refractivity contribution in [2.24, 2.45) is 0 Å². The summed E-state index contributed by atoms with van der Waals surface area (Å²) in [6.07, 6.45) is 0.638. The Morgan fingerprint density at radius 2 is 1.71 bits per heavy atom. The summed E-state index contributed by atoms with van der Waals surface area (Å²) in [6, 6.07) is 24.6. The fourth-order valence-corrected chi connectivity index (χ4v) is 7.46. The molecule has 42 heavy (non-hydrogen) atoms. The number of anilines is 1. The van der Waals surface area contributed by atoms with Crippen LogP contribution in [0.3, 0.4) is 0 Å². The van der Waals surface area contributed by atoms with Crippen LogP contribution in [0.15, 0.2) is 95.9 Å². The third-order valence-corrected chi connectivity index (χ3v) is 10.2. The van der Waals surface area contributed by atoms with Gasteiger partial charge >= 0.3 is 0 Å². The van der Waals surface area contributed by atoms with Crippen LogP contribution in [0.25, 0.3) is 0 Å². The number of hydrogen-bond donors (Lipinski definition) is 0. The van der Waals surface area contributed by atoms with Crippen LogP contribution in [0.4, 0.5) is 10.1 Å². The average Bonchev–Trinajstić information content (AvgIpc) is 3.37. The Hall–Kier alpha value is -3.59. The van der Waals surface area contributed by atoms with Crippen LogP contribution in [0, 0.1) is 5.82 Å². The highest BCUT2D eigenvalue weighted by Gasteiger charge is 2.36. The molecule has 4 aromatic carbocycles. The molecule has 0 aromatic heterocycles. The SMILES string of the molecule is COc1ccc(C2CCN(C(=O)c3ccc(Cl)c(S(=O)(=O)N(Cc4ccccc4)c4ccc(Cl)cc4)c3)C2C)cc1F. The lowest BCUT2D eigenvalue weighted by Crippen LogP contribution is -2.36. The second kappa shape index (κ2) is 12.3. The summed E-state index contributed by atoms with van der Waals surface area (Å²) in [7, 11) is -2.81. The van der Waals surface area contributed by atoms with E-state index >= 15 is 0 Å². The first-order chi connectivity index (χ1) is 20.1. The Kier molecular flexibility index (Phi) is 8.78. The number of amides is 1. The van der Waals surface area contributed by atoms with Gasteiger partial charge in [0.2, 0.25) is 0 Å². The standard InChI is InChI=1S/C32H29Cl2FN2O4S/c1-21-27(23-9-15-30(41-2)29(35)18-23)16-17-36(21)32(38)24-8-14-28(34)31(19-24)42(39,40)37(20-22-6-4-3-5-7-22)26-12-10-25(33)11-13-26/h3-15,18-19,21,27H,16-17,20H2,1-2H3.